The van der Waals surface area contributed by atoms with E-state index in [1.165, 1.54) is 12.1 Å². The van der Waals surface area contributed by atoms with E-state index in [0.29, 0.717) is 19.8 Å². The number of rotatable bonds is 7. The van der Waals surface area contributed by atoms with Crippen molar-refractivity contribution in [2.24, 2.45) is 5.41 Å². The summed E-state index contributed by atoms with van der Waals surface area (Å²) in [5, 5.41) is 8.75. The SMILES string of the molecule is O=C1N(Cc2ccc(F)cc2)CCC[C@@]12CCN(CCOCCO)C2. The van der Waals surface area contributed by atoms with E-state index in [4.69, 9.17) is 9.84 Å². The molecule has 1 spiro atoms. The topological polar surface area (TPSA) is 53.0 Å². The Hall–Kier alpha value is -1.50. The summed E-state index contributed by atoms with van der Waals surface area (Å²) in [5.74, 6) is -0.0121. The molecule has 0 bridgehead atoms. The van der Waals surface area contributed by atoms with Crippen LogP contribution in [0.15, 0.2) is 24.3 Å². The number of hydrogen-bond donors (Lipinski definition) is 1. The van der Waals surface area contributed by atoms with Crippen molar-refractivity contribution in [2.75, 3.05) is 46.0 Å². The van der Waals surface area contributed by atoms with Gasteiger partial charge in [-0.3, -0.25) is 9.69 Å². The number of aliphatic hydroxyl groups excluding tert-OH is 1. The molecule has 1 amide bonds. The summed E-state index contributed by atoms with van der Waals surface area (Å²) in [6, 6.07) is 6.40. The van der Waals surface area contributed by atoms with Gasteiger partial charge in [-0.2, -0.15) is 0 Å². The van der Waals surface area contributed by atoms with Gasteiger partial charge in [-0.25, -0.2) is 4.39 Å². The minimum Gasteiger partial charge on any atom is -0.394 e. The van der Waals surface area contributed by atoms with E-state index in [9.17, 15) is 9.18 Å². The first-order valence-electron chi connectivity index (χ1n) is 9.08. The minimum atomic E-state index is -0.269. The Bertz CT molecular complexity index is 581. The lowest BCUT2D eigenvalue weighted by molar-refractivity contribution is -0.146. The molecule has 1 aromatic rings. The fourth-order valence-corrected chi connectivity index (χ4v) is 4.00. The molecule has 5 nitrogen and oxygen atoms in total. The lowest BCUT2D eigenvalue weighted by Gasteiger charge is -2.39. The number of ether oxygens (including phenoxy) is 1. The summed E-state index contributed by atoms with van der Waals surface area (Å²) in [6.07, 6.45) is 2.85. The summed E-state index contributed by atoms with van der Waals surface area (Å²) in [6.45, 7) is 4.83. The van der Waals surface area contributed by atoms with E-state index in [2.05, 4.69) is 4.90 Å². The third kappa shape index (κ3) is 4.37. The second kappa shape index (κ2) is 8.25. The fraction of sp³-hybridized carbons (Fsp3) is 0.632. The van der Waals surface area contributed by atoms with E-state index in [-0.39, 0.29) is 23.7 Å². The maximum atomic E-state index is 13.1. The Kier molecular flexibility index (Phi) is 6.04. The second-order valence-electron chi connectivity index (χ2n) is 7.10. The number of likely N-dealkylation sites (tertiary alicyclic amines) is 2. The standard InChI is InChI=1S/C19H27FN2O3/c20-17-4-2-16(3-5-17)14-22-8-1-6-19(18(22)24)7-9-21(15-19)10-12-25-13-11-23/h2-5,23H,1,6-15H2/t19-/m0/s1. The number of piperidine rings is 1. The van der Waals surface area contributed by atoms with Crippen molar-refractivity contribution < 1.29 is 19.0 Å². The number of carbonyl (C=O) groups excluding carboxylic acids is 1. The molecule has 2 heterocycles. The number of nitrogens with zero attached hydrogens (tertiary/aromatic N) is 2. The predicted molar refractivity (Wildman–Crippen MR) is 92.4 cm³/mol. The van der Waals surface area contributed by atoms with Crippen molar-refractivity contribution in [1.82, 2.24) is 9.80 Å². The smallest absolute Gasteiger partial charge is 0.230 e. The Labute approximate surface area is 148 Å². The molecule has 3 rings (SSSR count). The van der Waals surface area contributed by atoms with Crippen LogP contribution in [0.3, 0.4) is 0 Å². The van der Waals surface area contributed by atoms with Crippen LogP contribution >= 0.6 is 0 Å². The number of benzene rings is 1. The molecule has 1 N–H and O–H groups in total. The Morgan fingerprint density at radius 1 is 1.16 bits per heavy atom. The molecule has 2 saturated heterocycles. The van der Waals surface area contributed by atoms with Crippen molar-refractivity contribution in [3.05, 3.63) is 35.6 Å². The molecule has 2 aliphatic heterocycles. The van der Waals surface area contributed by atoms with Crippen molar-refractivity contribution in [3.8, 4) is 0 Å². The second-order valence-corrected chi connectivity index (χ2v) is 7.10. The molecule has 0 saturated carbocycles. The average Bonchev–Trinajstić information content (AvgIpc) is 3.02. The van der Waals surface area contributed by atoms with Crippen LogP contribution < -0.4 is 0 Å². The summed E-state index contributed by atoms with van der Waals surface area (Å²) < 4.78 is 18.4. The van der Waals surface area contributed by atoms with Gasteiger partial charge in [0.05, 0.1) is 25.2 Å². The van der Waals surface area contributed by atoms with E-state index >= 15 is 0 Å². The number of hydrogen-bond acceptors (Lipinski definition) is 4. The number of carbonyl (C=O) groups is 1. The molecule has 25 heavy (non-hydrogen) atoms. The first-order chi connectivity index (χ1) is 12.1. The van der Waals surface area contributed by atoms with Crippen LogP contribution in [-0.4, -0.2) is 66.8 Å². The van der Waals surface area contributed by atoms with Crippen LogP contribution in [0.4, 0.5) is 4.39 Å². The van der Waals surface area contributed by atoms with Gasteiger partial charge in [-0.05, 0) is 43.5 Å². The van der Waals surface area contributed by atoms with Gasteiger partial charge in [-0.15, -0.1) is 0 Å². The van der Waals surface area contributed by atoms with E-state index in [1.54, 1.807) is 12.1 Å². The van der Waals surface area contributed by atoms with Gasteiger partial charge in [0, 0.05) is 26.2 Å². The number of halogens is 1. The molecule has 1 aromatic carbocycles. The Balaban J connectivity index is 1.57. The summed E-state index contributed by atoms with van der Waals surface area (Å²) in [4.78, 5) is 17.3. The molecule has 2 aliphatic rings. The Morgan fingerprint density at radius 3 is 2.72 bits per heavy atom. The van der Waals surface area contributed by atoms with Gasteiger partial charge in [0.15, 0.2) is 0 Å². The van der Waals surface area contributed by atoms with Crippen LogP contribution in [0.2, 0.25) is 0 Å². The molecule has 0 aromatic heterocycles. The normalized spacial score (nSPS) is 24.4. The van der Waals surface area contributed by atoms with Crippen LogP contribution in [0, 0.1) is 11.2 Å². The highest BCUT2D eigenvalue weighted by Gasteiger charge is 2.47. The highest BCUT2D eigenvalue weighted by atomic mass is 19.1. The van der Waals surface area contributed by atoms with Gasteiger partial charge < -0.3 is 14.7 Å². The van der Waals surface area contributed by atoms with E-state index < -0.39 is 0 Å². The summed E-state index contributed by atoms with van der Waals surface area (Å²) >= 11 is 0. The molecular weight excluding hydrogens is 323 g/mol. The van der Waals surface area contributed by atoms with Crippen molar-refractivity contribution in [1.29, 1.82) is 0 Å². The minimum absolute atomic E-state index is 0.0424. The first-order valence-corrected chi connectivity index (χ1v) is 9.08. The molecule has 0 radical (unpaired) electrons. The average molecular weight is 350 g/mol. The maximum Gasteiger partial charge on any atom is 0.230 e. The monoisotopic (exact) mass is 350 g/mol. The molecule has 138 valence electrons. The molecule has 6 heteroatoms. The fourth-order valence-electron chi connectivity index (χ4n) is 4.00. The first kappa shape index (κ1) is 18.3. The number of aliphatic hydroxyl groups is 1. The number of amides is 1. The zero-order valence-electron chi connectivity index (χ0n) is 14.6. The lowest BCUT2D eigenvalue weighted by atomic mass is 9.78. The van der Waals surface area contributed by atoms with Crippen molar-refractivity contribution in [3.63, 3.8) is 0 Å². The third-order valence-electron chi connectivity index (χ3n) is 5.33. The quantitative estimate of drug-likeness (QED) is 0.760. The highest BCUT2D eigenvalue weighted by molar-refractivity contribution is 5.84. The van der Waals surface area contributed by atoms with Crippen molar-refractivity contribution >= 4 is 5.91 Å². The van der Waals surface area contributed by atoms with Gasteiger partial charge in [0.25, 0.3) is 0 Å². The van der Waals surface area contributed by atoms with Crippen LogP contribution in [0.5, 0.6) is 0 Å². The molecule has 2 fully saturated rings. The largest absolute Gasteiger partial charge is 0.394 e. The highest BCUT2D eigenvalue weighted by Crippen LogP contribution is 2.40. The summed E-state index contributed by atoms with van der Waals surface area (Å²) in [5.41, 5.74) is 0.703. The van der Waals surface area contributed by atoms with Gasteiger partial charge in [-0.1, -0.05) is 12.1 Å². The molecule has 0 unspecified atom stereocenters. The van der Waals surface area contributed by atoms with Gasteiger partial charge >= 0.3 is 0 Å². The third-order valence-corrected chi connectivity index (χ3v) is 5.33. The molecule has 0 aliphatic carbocycles. The molecule has 1 atom stereocenters. The van der Waals surface area contributed by atoms with Crippen LogP contribution in [0.1, 0.15) is 24.8 Å². The predicted octanol–water partition coefficient (Wildman–Crippen LogP) is 1.65. The zero-order valence-corrected chi connectivity index (χ0v) is 14.6. The molecular formula is C19H27FN2O3. The maximum absolute atomic E-state index is 13.1. The van der Waals surface area contributed by atoms with Gasteiger partial charge in [0.1, 0.15) is 5.82 Å². The summed E-state index contributed by atoms with van der Waals surface area (Å²) in [7, 11) is 0. The van der Waals surface area contributed by atoms with Crippen molar-refractivity contribution in [2.45, 2.75) is 25.8 Å². The Morgan fingerprint density at radius 2 is 1.96 bits per heavy atom. The van der Waals surface area contributed by atoms with Gasteiger partial charge in [0.2, 0.25) is 5.91 Å². The zero-order chi connectivity index (χ0) is 17.7. The lowest BCUT2D eigenvalue weighted by Crippen LogP contribution is -2.49. The van der Waals surface area contributed by atoms with Crippen LogP contribution in [0.25, 0.3) is 0 Å². The van der Waals surface area contributed by atoms with Crippen LogP contribution in [-0.2, 0) is 16.1 Å². The van der Waals surface area contributed by atoms with E-state index in [0.717, 1.165) is 51.0 Å². The van der Waals surface area contributed by atoms with E-state index in [1.807, 2.05) is 4.90 Å².